The van der Waals surface area contributed by atoms with Crippen molar-refractivity contribution < 1.29 is 13.2 Å². The molecule has 1 unspecified atom stereocenters. The minimum absolute atomic E-state index is 0.00217. The molecule has 0 saturated carbocycles. The Labute approximate surface area is 118 Å². The van der Waals surface area contributed by atoms with Crippen LogP contribution in [0.1, 0.15) is 12.8 Å². The Hall–Kier alpha value is -0.630. The van der Waals surface area contributed by atoms with Gasteiger partial charge in [-0.2, -0.15) is 9.40 Å². The largest absolute Gasteiger partial charge is 0.377 e. The molecule has 19 heavy (non-hydrogen) atoms. The molecule has 0 bridgehead atoms. The van der Waals surface area contributed by atoms with Gasteiger partial charge in [-0.3, -0.25) is 4.68 Å². The molecule has 1 fully saturated rings. The van der Waals surface area contributed by atoms with E-state index in [1.165, 1.54) is 21.4 Å². The van der Waals surface area contributed by atoms with Crippen molar-refractivity contribution in [3.8, 4) is 0 Å². The first kappa shape index (κ1) is 14.8. The van der Waals surface area contributed by atoms with Gasteiger partial charge in [0.05, 0.1) is 18.8 Å². The average molecular weight is 308 g/mol. The van der Waals surface area contributed by atoms with E-state index >= 15 is 0 Å². The van der Waals surface area contributed by atoms with Crippen LogP contribution in [0.2, 0.25) is 0 Å². The Balaban J connectivity index is 2.06. The number of aromatic nitrogens is 2. The number of ether oxygens (including phenoxy) is 1. The summed E-state index contributed by atoms with van der Waals surface area (Å²) >= 11 is 5.60. The second kappa shape index (κ2) is 6.21. The molecular formula is C11H18ClN3O3S. The van der Waals surface area contributed by atoms with Crippen LogP contribution in [0.3, 0.4) is 0 Å². The molecule has 0 amide bonds. The van der Waals surface area contributed by atoms with E-state index in [0.717, 1.165) is 12.8 Å². The summed E-state index contributed by atoms with van der Waals surface area (Å²) in [5.74, 6) is 0.396. The van der Waals surface area contributed by atoms with E-state index < -0.39 is 10.0 Å². The molecule has 0 aromatic carbocycles. The summed E-state index contributed by atoms with van der Waals surface area (Å²) in [5.41, 5.74) is 0. The lowest BCUT2D eigenvalue weighted by atomic mass is 10.2. The number of alkyl halides is 1. The summed E-state index contributed by atoms with van der Waals surface area (Å²) < 4.78 is 32.9. The summed E-state index contributed by atoms with van der Waals surface area (Å²) in [7, 11) is -1.93. The minimum atomic E-state index is -3.50. The molecule has 0 radical (unpaired) electrons. The molecule has 0 N–H and O–H groups in total. The van der Waals surface area contributed by atoms with E-state index in [1.807, 2.05) is 0 Å². The van der Waals surface area contributed by atoms with Crippen molar-refractivity contribution in [1.29, 1.82) is 0 Å². The molecule has 2 heterocycles. The summed E-state index contributed by atoms with van der Waals surface area (Å²) in [6, 6.07) is 0. The maximum absolute atomic E-state index is 12.3. The Bertz CT molecular complexity index is 511. The first-order valence-electron chi connectivity index (χ1n) is 6.20. The number of aryl methyl sites for hydroxylation is 1. The summed E-state index contributed by atoms with van der Waals surface area (Å²) in [5, 5.41) is 3.98. The maximum Gasteiger partial charge on any atom is 0.246 e. The van der Waals surface area contributed by atoms with E-state index in [9.17, 15) is 8.42 Å². The third-order valence-electron chi connectivity index (χ3n) is 3.12. The fraction of sp³-hybridized carbons (Fsp3) is 0.727. The summed E-state index contributed by atoms with van der Waals surface area (Å²) in [6.45, 7) is 1.59. The first-order valence-corrected chi connectivity index (χ1v) is 8.18. The Morgan fingerprint density at radius 2 is 2.42 bits per heavy atom. The average Bonchev–Trinajstić information content (AvgIpc) is 3.00. The van der Waals surface area contributed by atoms with Gasteiger partial charge in [0.25, 0.3) is 0 Å². The van der Waals surface area contributed by atoms with Crippen LogP contribution < -0.4 is 0 Å². The number of rotatable bonds is 6. The number of hydrogen-bond acceptors (Lipinski definition) is 4. The highest BCUT2D eigenvalue weighted by Gasteiger charge is 2.27. The molecule has 1 saturated heterocycles. The Morgan fingerprint density at radius 1 is 1.63 bits per heavy atom. The highest BCUT2D eigenvalue weighted by Crippen LogP contribution is 2.18. The van der Waals surface area contributed by atoms with Crippen molar-refractivity contribution in [2.75, 3.05) is 26.1 Å². The summed E-state index contributed by atoms with van der Waals surface area (Å²) in [6.07, 6.45) is 4.76. The van der Waals surface area contributed by atoms with Crippen molar-refractivity contribution >= 4 is 21.6 Å². The zero-order valence-corrected chi connectivity index (χ0v) is 12.4. The van der Waals surface area contributed by atoms with Crippen LogP contribution in [-0.2, 0) is 21.3 Å². The lowest BCUT2D eigenvalue weighted by Crippen LogP contribution is -2.33. The standard InChI is InChI=1S/C11H18ClN3O3S/c1-14(8-10-3-2-6-18-10)19(16,17)11-7-13-15(9-11)5-4-12/h7,9-10H,2-6,8H2,1H3. The molecular weight excluding hydrogens is 290 g/mol. The van der Waals surface area contributed by atoms with Crippen molar-refractivity contribution in [2.24, 2.45) is 0 Å². The van der Waals surface area contributed by atoms with Gasteiger partial charge in [0.2, 0.25) is 10.0 Å². The van der Waals surface area contributed by atoms with Gasteiger partial charge in [-0.15, -0.1) is 11.6 Å². The third-order valence-corrected chi connectivity index (χ3v) is 5.06. The van der Waals surface area contributed by atoms with Crippen LogP contribution in [0.5, 0.6) is 0 Å². The number of hydrogen-bond donors (Lipinski definition) is 0. The van der Waals surface area contributed by atoms with E-state index in [2.05, 4.69) is 5.10 Å². The van der Waals surface area contributed by atoms with E-state index in [4.69, 9.17) is 16.3 Å². The van der Waals surface area contributed by atoms with E-state index in [-0.39, 0.29) is 11.0 Å². The number of halogens is 1. The van der Waals surface area contributed by atoms with E-state index in [0.29, 0.717) is 25.6 Å². The second-order valence-electron chi connectivity index (χ2n) is 4.55. The van der Waals surface area contributed by atoms with Crippen LogP contribution >= 0.6 is 11.6 Å². The molecule has 108 valence electrons. The van der Waals surface area contributed by atoms with Gasteiger partial charge in [-0.05, 0) is 12.8 Å². The Kier molecular flexibility index (Phi) is 4.83. The van der Waals surface area contributed by atoms with Gasteiger partial charge in [0, 0.05) is 32.3 Å². The van der Waals surface area contributed by atoms with Crippen LogP contribution in [0.4, 0.5) is 0 Å². The smallest absolute Gasteiger partial charge is 0.246 e. The topological polar surface area (TPSA) is 64.4 Å². The van der Waals surface area contributed by atoms with Gasteiger partial charge in [0.15, 0.2) is 0 Å². The van der Waals surface area contributed by atoms with Crippen molar-refractivity contribution in [1.82, 2.24) is 14.1 Å². The minimum Gasteiger partial charge on any atom is -0.377 e. The number of nitrogens with zero attached hydrogens (tertiary/aromatic N) is 3. The fourth-order valence-electron chi connectivity index (χ4n) is 2.04. The molecule has 0 spiro atoms. The van der Waals surface area contributed by atoms with Gasteiger partial charge >= 0.3 is 0 Å². The maximum atomic E-state index is 12.3. The zero-order chi connectivity index (χ0) is 13.9. The molecule has 1 aliphatic heterocycles. The molecule has 2 rings (SSSR count). The molecule has 6 nitrogen and oxygen atoms in total. The zero-order valence-electron chi connectivity index (χ0n) is 10.8. The quantitative estimate of drug-likeness (QED) is 0.733. The molecule has 1 aromatic rings. The third kappa shape index (κ3) is 3.47. The molecule has 8 heteroatoms. The van der Waals surface area contributed by atoms with Crippen molar-refractivity contribution in [2.45, 2.75) is 30.4 Å². The van der Waals surface area contributed by atoms with Gasteiger partial charge in [0.1, 0.15) is 4.90 Å². The number of likely N-dealkylation sites (N-methyl/N-ethyl adjacent to an activating group) is 1. The highest BCUT2D eigenvalue weighted by molar-refractivity contribution is 7.89. The first-order chi connectivity index (χ1) is 9.04. The predicted molar refractivity (Wildman–Crippen MR) is 71.7 cm³/mol. The monoisotopic (exact) mass is 307 g/mol. The van der Waals surface area contributed by atoms with Gasteiger partial charge in [-0.25, -0.2) is 8.42 Å². The highest BCUT2D eigenvalue weighted by atomic mass is 35.5. The van der Waals surface area contributed by atoms with Gasteiger partial charge < -0.3 is 4.74 Å². The predicted octanol–water partition coefficient (Wildman–Crippen LogP) is 0.921. The van der Waals surface area contributed by atoms with Crippen LogP contribution in [0.15, 0.2) is 17.3 Å². The van der Waals surface area contributed by atoms with Crippen LogP contribution in [-0.4, -0.2) is 54.7 Å². The summed E-state index contributed by atoms with van der Waals surface area (Å²) in [4.78, 5) is 0.193. The van der Waals surface area contributed by atoms with Crippen molar-refractivity contribution in [3.05, 3.63) is 12.4 Å². The molecule has 1 aromatic heterocycles. The lowest BCUT2D eigenvalue weighted by molar-refractivity contribution is 0.0979. The second-order valence-corrected chi connectivity index (χ2v) is 6.97. The van der Waals surface area contributed by atoms with Crippen LogP contribution in [0, 0.1) is 0 Å². The molecule has 0 aliphatic carbocycles. The van der Waals surface area contributed by atoms with Crippen LogP contribution in [0.25, 0.3) is 0 Å². The van der Waals surface area contributed by atoms with Gasteiger partial charge in [-0.1, -0.05) is 0 Å². The van der Waals surface area contributed by atoms with Crippen molar-refractivity contribution in [3.63, 3.8) is 0 Å². The normalized spacial score (nSPS) is 20.3. The molecule has 1 atom stereocenters. The Morgan fingerprint density at radius 3 is 3.05 bits per heavy atom. The molecule has 1 aliphatic rings. The number of sulfonamides is 1. The fourth-order valence-corrected chi connectivity index (χ4v) is 3.37. The lowest BCUT2D eigenvalue weighted by Gasteiger charge is -2.19. The SMILES string of the molecule is CN(CC1CCCO1)S(=O)(=O)c1cnn(CCCl)c1. The van der Waals surface area contributed by atoms with E-state index in [1.54, 1.807) is 7.05 Å².